The molecule has 0 saturated carbocycles. The Hall–Kier alpha value is -1.20. The predicted octanol–water partition coefficient (Wildman–Crippen LogP) is 1.72. The van der Waals surface area contributed by atoms with E-state index in [0.717, 1.165) is 5.56 Å². The van der Waals surface area contributed by atoms with Crippen LogP contribution in [-0.2, 0) is 11.3 Å². The third-order valence-electron chi connectivity index (χ3n) is 2.74. The molecule has 1 aromatic carbocycles. The molecule has 1 aromatic rings. The standard InChI is InChI=1S/C12H14F2N2O.ClH/c13-12(14)6-10(16-8-12)11(17)15-7-9-4-2-1-3-5-9;/h1-5,10,16H,6-8H2,(H,15,17);1H. The highest BCUT2D eigenvalue weighted by Gasteiger charge is 2.42. The third-order valence-corrected chi connectivity index (χ3v) is 2.74. The van der Waals surface area contributed by atoms with Gasteiger partial charge >= 0.3 is 0 Å². The fourth-order valence-corrected chi connectivity index (χ4v) is 1.81. The summed E-state index contributed by atoms with van der Waals surface area (Å²) in [4.78, 5) is 11.6. The number of benzene rings is 1. The summed E-state index contributed by atoms with van der Waals surface area (Å²) in [7, 11) is 0. The summed E-state index contributed by atoms with van der Waals surface area (Å²) in [6, 6.07) is 8.57. The zero-order chi connectivity index (χ0) is 12.3. The van der Waals surface area contributed by atoms with E-state index in [2.05, 4.69) is 10.6 Å². The van der Waals surface area contributed by atoms with Crippen LogP contribution in [0.25, 0.3) is 0 Å². The Bertz CT molecular complexity index is 400. The monoisotopic (exact) mass is 276 g/mol. The summed E-state index contributed by atoms with van der Waals surface area (Å²) in [5.74, 6) is -3.14. The van der Waals surface area contributed by atoms with E-state index in [-0.39, 0.29) is 18.3 Å². The number of alkyl halides is 2. The summed E-state index contributed by atoms with van der Waals surface area (Å²) in [6.07, 6.45) is -0.423. The second-order valence-corrected chi connectivity index (χ2v) is 4.20. The number of nitrogens with one attached hydrogen (secondary N) is 2. The van der Waals surface area contributed by atoms with Crippen LogP contribution in [0.15, 0.2) is 30.3 Å². The van der Waals surface area contributed by atoms with Crippen molar-refractivity contribution in [3.8, 4) is 0 Å². The van der Waals surface area contributed by atoms with Gasteiger partial charge in [-0.1, -0.05) is 30.3 Å². The number of hydrogen-bond acceptors (Lipinski definition) is 2. The highest BCUT2D eigenvalue weighted by atomic mass is 35.5. The van der Waals surface area contributed by atoms with Crippen LogP contribution in [0, 0.1) is 0 Å². The fourth-order valence-electron chi connectivity index (χ4n) is 1.81. The van der Waals surface area contributed by atoms with E-state index in [1.807, 2.05) is 30.3 Å². The van der Waals surface area contributed by atoms with Crippen LogP contribution in [0.3, 0.4) is 0 Å². The fraction of sp³-hybridized carbons (Fsp3) is 0.417. The first kappa shape index (κ1) is 14.9. The first-order chi connectivity index (χ1) is 8.07. The van der Waals surface area contributed by atoms with E-state index in [9.17, 15) is 13.6 Å². The van der Waals surface area contributed by atoms with Gasteiger partial charge in [0, 0.05) is 13.0 Å². The minimum absolute atomic E-state index is 0. The number of carbonyl (C=O) groups excluding carboxylic acids is 1. The minimum Gasteiger partial charge on any atom is -0.351 e. The number of halogens is 3. The van der Waals surface area contributed by atoms with Gasteiger partial charge in [-0.2, -0.15) is 0 Å². The molecule has 18 heavy (non-hydrogen) atoms. The van der Waals surface area contributed by atoms with Crippen molar-refractivity contribution >= 4 is 18.3 Å². The molecule has 1 amide bonds. The summed E-state index contributed by atoms with van der Waals surface area (Å²) in [6.45, 7) is -0.0557. The zero-order valence-electron chi connectivity index (χ0n) is 9.66. The topological polar surface area (TPSA) is 41.1 Å². The van der Waals surface area contributed by atoms with Crippen molar-refractivity contribution in [2.75, 3.05) is 6.54 Å². The molecule has 0 bridgehead atoms. The zero-order valence-corrected chi connectivity index (χ0v) is 10.5. The van der Waals surface area contributed by atoms with E-state index in [1.165, 1.54) is 0 Å². The highest BCUT2D eigenvalue weighted by Crippen LogP contribution is 2.25. The molecule has 0 spiro atoms. The average molecular weight is 277 g/mol. The van der Waals surface area contributed by atoms with Gasteiger partial charge in [0.25, 0.3) is 5.92 Å². The smallest absolute Gasteiger partial charge is 0.262 e. The number of amides is 1. The van der Waals surface area contributed by atoms with Crippen molar-refractivity contribution < 1.29 is 13.6 Å². The van der Waals surface area contributed by atoms with Crippen LogP contribution in [0.5, 0.6) is 0 Å². The van der Waals surface area contributed by atoms with E-state index >= 15 is 0 Å². The third kappa shape index (κ3) is 3.92. The van der Waals surface area contributed by atoms with E-state index in [1.54, 1.807) is 0 Å². The molecule has 6 heteroatoms. The van der Waals surface area contributed by atoms with Gasteiger partial charge < -0.3 is 5.32 Å². The van der Waals surface area contributed by atoms with Gasteiger partial charge in [-0.25, -0.2) is 8.78 Å². The number of hydrogen-bond donors (Lipinski definition) is 2. The Morgan fingerprint density at radius 2 is 2.06 bits per heavy atom. The maximum Gasteiger partial charge on any atom is 0.262 e. The SMILES string of the molecule is Cl.O=C(NCc1ccccc1)C1CC(F)(F)CN1. The molecule has 2 N–H and O–H groups in total. The van der Waals surface area contributed by atoms with Crippen molar-refractivity contribution in [3.05, 3.63) is 35.9 Å². The summed E-state index contributed by atoms with van der Waals surface area (Å²) < 4.78 is 25.8. The molecule has 1 atom stereocenters. The molecular formula is C12H15ClF2N2O. The molecule has 100 valence electrons. The lowest BCUT2D eigenvalue weighted by Crippen LogP contribution is -2.39. The molecule has 1 aliphatic heterocycles. The molecule has 2 rings (SSSR count). The van der Waals surface area contributed by atoms with Crippen molar-refractivity contribution in [2.24, 2.45) is 0 Å². The van der Waals surface area contributed by atoms with Crippen molar-refractivity contribution in [3.63, 3.8) is 0 Å². The van der Waals surface area contributed by atoms with Gasteiger partial charge in [-0.05, 0) is 5.56 Å². The number of rotatable bonds is 3. The quantitative estimate of drug-likeness (QED) is 0.883. The Labute approximate surface area is 110 Å². The summed E-state index contributed by atoms with van der Waals surface area (Å²) in [5, 5.41) is 5.16. The second-order valence-electron chi connectivity index (χ2n) is 4.20. The first-order valence-corrected chi connectivity index (χ1v) is 5.50. The van der Waals surface area contributed by atoms with Gasteiger partial charge in [0.1, 0.15) is 0 Å². The van der Waals surface area contributed by atoms with Crippen molar-refractivity contribution in [1.29, 1.82) is 0 Å². The predicted molar refractivity (Wildman–Crippen MR) is 66.9 cm³/mol. The van der Waals surface area contributed by atoms with Gasteiger partial charge in [0.15, 0.2) is 0 Å². The molecule has 1 heterocycles. The van der Waals surface area contributed by atoms with Gasteiger partial charge in [-0.15, -0.1) is 12.4 Å². The molecule has 1 saturated heterocycles. The lowest BCUT2D eigenvalue weighted by atomic mass is 10.1. The number of carbonyl (C=O) groups is 1. The molecule has 0 radical (unpaired) electrons. The first-order valence-electron chi connectivity index (χ1n) is 5.50. The lowest BCUT2D eigenvalue weighted by molar-refractivity contribution is -0.123. The van der Waals surface area contributed by atoms with E-state index in [0.29, 0.717) is 6.54 Å². The average Bonchev–Trinajstić information content (AvgIpc) is 2.68. The van der Waals surface area contributed by atoms with E-state index in [4.69, 9.17) is 0 Å². The maximum atomic E-state index is 12.9. The van der Waals surface area contributed by atoms with Gasteiger partial charge in [-0.3, -0.25) is 10.1 Å². The maximum absolute atomic E-state index is 12.9. The Balaban J connectivity index is 0.00000162. The Morgan fingerprint density at radius 1 is 1.39 bits per heavy atom. The Morgan fingerprint density at radius 3 is 2.61 bits per heavy atom. The van der Waals surface area contributed by atoms with Gasteiger partial charge in [0.2, 0.25) is 5.91 Å². The molecule has 1 aliphatic rings. The van der Waals surface area contributed by atoms with Crippen LogP contribution in [-0.4, -0.2) is 24.4 Å². The molecule has 0 aliphatic carbocycles. The van der Waals surface area contributed by atoms with Crippen LogP contribution in [0.2, 0.25) is 0 Å². The lowest BCUT2D eigenvalue weighted by Gasteiger charge is -2.11. The minimum atomic E-state index is -2.77. The molecule has 1 fully saturated rings. The Kier molecular flexibility index (Phi) is 5.04. The second kappa shape index (κ2) is 6.11. The van der Waals surface area contributed by atoms with Crippen molar-refractivity contribution in [1.82, 2.24) is 10.6 Å². The molecular weight excluding hydrogens is 262 g/mol. The summed E-state index contributed by atoms with van der Waals surface area (Å²) in [5.41, 5.74) is 0.950. The highest BCUT2D eigenvalue weighted by molar-refractivity contribution is 5.85. The van der Waals surface area contributed by atoms with Crippen LogP contribution in [0.1, 0.15) is 12.0 Å². The van der Waals surface area contributed by atoms with Crippen molar-refractivity contribution in [2.45, 2.75) is 24.9 Å². The van der Waals surface area contributed by atoms with Crippen LogP contribution in [0.4, 0.5) is 8.78 Å². The largest absolute Gasteiger partial charge is 0.351 e. The summed E-state index contributed by atoms with van der Waals surface area (Å²) >= 11 is 0. The molecule has 1 unspecified atom stereocenters. The molecule has 3 nitrogen and oxygen atoms in total. The van der Waals surface area contributed by atoms with Gasteiger partial charge in [0.05, 0.1) is 12.6 Å². The van der Waals surface area contributed by atoms with Crippen LogP contribution >= 0.6 is 12.4 Å². The normalized spacial score (nSPS) is 21.1. The van der Waals surface area contributed by atoms with E-state index < -0.39 is 24.9 Å². The van der Waals surface area contributed by atoms with Crippen LogP contribution < -0.4 is 10.6 Å². The molecule has 0 aromatic heterocycles.